The van der Waals surface area contributed by atoms with Gasteiger partial charge in [0.1, 0.15) is 24.7 Å². The fourth-order valence-corrected chi connectivity index (χ4v) is 3.84. The summed E-state index contributed by atoms with van der Waals surface area (Å²) in [5, 5.41) is 3.77. The normalized spacial score (nSPS) is 15.3. The first kappa shape index (κ1) is 20.8. The molecule has 1 aromatic heterocycles. The fraction of sp³-hybridized carbons (Fsp3) is 0.364. The number of nitrogens with one attached hydrogen (secondary N) is 1. The van der Waals surface area contributed by atoms with Crippen LogP contribution in [0.1, 0.15) is 19.8 Å². The minimum atomic E-state index is -0.376. The van der Waals surface area contributed by atoms with Crippen LogP contribution in [0.5, 0.6) is 11.5 Å². The monoisotopic (exact) mass is 474 g/mol. The van der Waals surface area contributed by atoms with Gasteiger partial charge < -0.3 is 14.8 Å². The van der Waals surface area contributed by atoms with Gasteiger partial charge >= 0.3 is 0 Å². The van der Waals surface area contributed by atoms with E-state index in [4.69, 9.17) is 9.47 Å². The number of benzene rings is 2. The van der Waals surface area contributed by atoms with Gasteiger partial charge in [-0.15, -0.1) is 0 Å². The summed E-state index contributed by atoms with van der Waals surface area (Å²) in [6.07, 6.45) is 3.82. The van der Waals surface area contributed by atoms with E-state index in [1.54, 1.807) is 19.2 Å². The van der Waals surface area contributed by atoms with E-state index in [0.717, 1.165) is 24.4 Å². The average molecular weight is 475 g/mol. The number of hydrogen-bond donors (Lipinski definition) is 1. The predicted molar refractivity (Wildman–Crippen MR) is 119 cm³/mol. The Bertz CT molecular complexity index is 1040. The highest BCUT2D eigenvalue weighted by Crippen LogP contribution is 2.35. The second-order valence-electron chi connectivity index (χ2n) is 7.57. The van der Waals surface area contributed by atoms with Gasteiger partial charge in [-0.25, -0.2) is 14.4 Å². The van der Waals surface area contributed by atoms with Crippen molar-refractivity contribution in [3.8, 4) is 11.5 Å². The van der Waals surface area contributed by atoms with Crippen molar-refractivity contribution in [3.63, 3.8) is 0 Å². The molecule has 8 heteroatoms. The summed E-state index contributed by atoms with van der Waals surface area (Å²) in [6.45, 7) is 4.86. The number of nitrogens with zero attached hydrogens (tertiary/aromatic N) is 3. The van der Waals surface area contributed by atoms with Gasteiger partial charge in [-0.1, -0.05) is 22.9 Å². The number of piperidine rings is 1. The second-order valence-corrected chi connectivity index (χ2v) is 8.48. The smallest absolute Gasteiger partial charge is 0.165 e. The van der Waals surface area contributed by atoms with Crippen LogP contribution in [0.15, 0.2) is 41.1 Å². The summed E-state index contributed by atoms with van der Waals surface area (Å²) in [6, 6.07) is 8.48. The largest absolute Gasteiger partial charge is 0.493 e. The van der Waals surface area contributed by atoms with Crippen LogP contribution in [0.3, 0.4) is 0 Å². The van der Waals surface area contributed by atoms with E-state index >= 15 is 0 Å². The van der Waals surface area contributed by atoms with Crippen LogP contribution in [0.2, 0.25) is 0 Å². The highest BCUT2D eigenvalue weighted by atomic mass is 79.9. The standard InChI is InChI=1S/C22H24BrFN4O2/c1-14-5-7-28(8-6-14)13-30-21-11-19-16(10-20(21)29-2)22(26-12-25-19)27-18-4-3-15(23)9-17(18)24/h3-4,9-12,14H,5-8,13H2,1-2H3,(H,25,26,27). The molecule has 1 aliphatic rings. The van der Waals surface area contributed by atoms with E-state index in [2.05, 4.69) is 43.0 Å². The van der Waals surface area contributed by atoms with Crippen molar-refractivity contribution in [1.82, 2.24) is 14.9 Å². The summed E-state index contributed by atoms with van der Waals surface area (Å²) >= 11 is 3.27. The minimum absolute atomic E-state index is 0.330. The van der Waals surface area contributed by atoms with Crippen molar-refractivity contribution in [3.05, 3.63) is 46.9 Å². The zero-order chi connectivity index (χ0) is 21.1. The molecule has 30 heavy (non-hydrogen) atoms. The summed E-state index contributed by atoms with van der Waals surface area (Å²) in [5.74, 6) is 2.11. The number of methoxy groups -OCH3 is 1. The third-order valence-corrected chi connectivity index (χ3v) is 5.88. The Morgan fingerprint density at radius 1 is 1.17 bits per heavy atom. The molecule has 1 saturated heterocycles. The van der Waals surface area contributed by atoms with Crippen molar-refractivity contribution in [2.75, 3.05) is 32.2 Å². The maximum absolute atomic E-state index is 14.3. The maximum atomic E-state index is 14.3. The number of ether oxygens (including phenoxy) is 2. The topological polar surface area (TPSA) is 59.5 Å². The van der Waals surface area contributed by atoms with Crippen molar-refractivity contribution in [1.29, 1.82) is 0 Å². The molecule has 0 aliphatic carbocycles. The number of rotatable bonds is 6. The number of anilines is 2. The van der Waals surface area contributed by atoms with Crippen LogP contribution < -0.4 is 14.8 Å². The molecule has 3 aromatic rings. The molecular formula is C22H24BrFN4O2. The summed E-state index contributed by atoms with van der Waals surface area (Å²) < 4.78 is 26.5. The molecule has 2 aromatic carbocycles. The molecule has 2 heterocycles. The number of halogens is 2. The Kier molecular flexibility index (Phi) is 6.34. The third kappa shape index (κ3) is 4.65. The lowest BCUT2D eigenvalue weighted by Crippen LogP contribution is -2.35. The number of likely N-dealkylation sites (tertiary alicyclic amines) is 1. The van der Waals surface area contributed by atoms with Crippen LogP contribution in [0, 0.1) is 11.7 Å². The van der Waals surface area contributed by atoms with E-state index in [9.17, 15) is 4.39 Å². The van der Waals surface area contributed by atoms with E-state index in [0.29, 0.717) is 39.7 Å². The first-order valence-corrected chi connectivity index (χ1v) is 10.7. The van der Waals surface area contributed by atoms with E-state index in [1.807, 2.05) is 12.1 Å². The first-order chi connectivity index (χ1) is 14.5. The van der Waals surface area contributed by atoms with E-state index < -0.39 is 0 Å². The van der Waals surface area contributed by atoms with Crippen LogP contribution in [-0.2, 0) is 0 Å². The SMILES string of the molecule is COc1cc2c(Nc3ccc(Br)cc3F)ncnc2cc1OCN1CCC(C)CC1. The highest BCUT2D eigenvalue weighted by Gasteiger charge is 2.18. The molecule has 0 saturated carbocycles. The first-order valence-electron chi connectivity index (χ1n) is 9.93. The van der Waals surface area contributed by atoms with Gasteiger partial charge in [0.25, 0.3) is 0 Å². The molecular weight excluding hydrogens is 451 g/mol. The molecule has 1 N–H and O–H groups in total. The Morgan fingerprint density at radius 3 is 2.70 bits per heavy atom. The molecule has 0 unspecified atom stereocenters. The van der Waals surface area contributed by atoms with Crippen molar-refractivity contribution in [2.45, 2.75) is 19.8 Å². The lowest BCUT2D eigenvalue weighted by atomic mass is 10.00. The number of fused-ring (bicyclic) bond motifs is 1. The zero-order valence-electron chi connectivity index (χ0n) is 17.0. The molecule has 0 spiro atoms. The van der Waals surface area contributed by atoms with Crippen molar-refractivity contribution >= 4 is 38.3 Å². The van der Waals surface area contributed by atoms with Crippen LogP contribution >= 0.6 is 15.9 Å². The Labute approximate surface area is 183 Å². The molecule has 0 amide bonds. The van der Waals surface area contributed by atoms with Crippen molar-refractivity contribution in [2.24, 2.45) is 5.92 Å². The molecule has 1 fully saturated rings. The van der Waals surface area contributed by atoms with E-state index in [1.165, 1.54) is 25.2 Å². The van der Waals surface area contributed by atoms with E-state index in [-0.39, 0.29) is 5.82 Å². The summed E-state index contributed by atoms with van der Waals surface area (Å²) in [4.78, 5) is 10.9. The lowest BCUT2D eigenvalue weighted by molar-refractivity contribution is 0.0895. The lowest BCUT2D eigenvalue weighted by Gasteiger charge is -2.30. The van der Waals surface area contributed by atoms with Crippen LogP contribution in [-0.4, -0.2) is 41.8 Å². The molecule has 0 radical (unpaired) electrons. The number of hydrogen-bond acceptors (Lipinski definition) is 6. The van der Waals surface area contributed by atoms with Gasteiger partial charge in [-0.3, -0.25) is 4.90 Å². The van der Waals surface area contributed by atoms with Crippen molar-refractivity contribution < 1.29 is 13.9 Å². The summed E-state index contributed by atoms with van der Waals surface area (Å²) in [5.41, 5.74) is 1.02. The third-order valence-electron chi connectivity index (χ3n) is 5.38. The molecule has 6 nitrogen and oxygen atoms in total. The predicted octanol–water partition coefficient (Wildman–Crippen LogP) is 5.35. The van der Waals surface area contributed by atoms with Gasteiger partial charge in [0.2, 0.25) is 0 Å². The van der Waals surface area contributed by atoms with Gasteiger partial charge in [0.05, 0.1) is 18.3 Å². The Balaban J connectivity index is 1.58. The van der Waals surface area contributed by atoms with Crippen LogP contribution in [0.4, 0.5) is 15.9 Å². The van der Waals surface area contributed by atoms with Gasteiger partial charge in [-0.2, -0.15) is 0 Å². The quantitative estimate of drug-likeness (QED) is 0.519. The second kappa shape index (κ2) is 9.14. The minimum Gasteiger partial charge on any atom is -0.493 e. The summed E-state index contributed by atoms with van der Waals surface area (Å²) in [7, 11) is 1.60. The molecule has 1 aliphatic heterocycles. The van der Waals surface area contributed by atoms with Crippen LogP contribution in [0.25, 0.3) is 10.9 Å². The molecule has 0 bridgehead atoms. The Morgan fingerprint density at radius 2 is 1.97 bits per heavy atom. The molecule has 4 rings (SSSR count). The molecule has 0 atom stereocenters. The highest BCUT2D eigenvalue weighted by molar-refractivity contribution is 9.10. The number of aromatic nitrogens is 2. The van der Waals surface area contributed by atoms with Gasteiger partial charge in [-0.05, 0) is 43.0 Å². The average Bonchev–Trinajstić information content (AvgIpc) is 2.75. The van der Waals surface area contributed by atoms with Gasteiger partial charge in [0, 0.05) is 29.0 Å². The fourth-order valence-electron chi connectivity index (χ4n) is 3.51. The molecule has 158 valence electrons. The Hall–Kier alpha value is -2.45. The van der Waals surface area contributed by atoms with Gasteiger partial charge in [0.15, 0.2) is 11.5 Å². The maximum Gasteiger partial charge on any atom is 0.165 e. The zero-order valence-corrected chi connectivity index (χ0v) is 18.6.